The van der Waals surface area contributed by atoms with Crippen LogP contribution in [0.25, 0.3) is 0 Å². The largest absolute Gasteiger partial charge is 0.457 e. The van der Waals surface area contributed by atoms with Crippen molar-refractivity contribution in [3.05, 3.63) is 71.8 Å². The molecule has 33 heavy (non-hydrogen) atoms. The van der Waals surface area contributed by atoms with E-state index in [-0.39, 0.29) is 25.4 Å². The van der Waals surface area contributed by atoms with E-state index in [0.29, 0.717) is 39.6 Å². The maximum atomic E-state index is 11.8. The minimum atomic E-state index is -0.905. The van der Waals surface area contributed by atoms with E-state index < -0.39 is 17.8 Å². The van der Waals surface area contributed by atoms with Crippen LogP contribution in [0.3, 0.4) is 0 Å². The van der Waals surface area contributed by atoms with Gasteiger partial charge in [0.2, 0.25) is 0 Å². The Balaban J connectivity index is 1.33. The fourth-order valence-electron chi connectivity index (χ4n) is 2.51. The summed E-state index contributed by atoms with van der Waals surface area (Å²) in [6, 6.07) is 17.6. The van der Waals surface area contributed by atoms with Crippen LogP contribution in [0.4, 0.5) is 4.79 Å². The molecule has 9 nitrogen and oxygen atoms in total. The van der Waals surface area contributed by atoms with E-state index in [1.807, 2.05) is 30.3 Å². The van der Waals surface area contributed by atoms with Gasteiger partial charge >= 0.3 is 12.1 Å². The van der Waals surface area contributed by atoms with Gasteiger partial charge in [0.15, 0.2) is 0 Å². The van der Waals surface area contributed by atoms with E-state index in [2.05, 4.69) is 5.32 Å². The molecule has 0 unspecified atom stereocenters. The van der Waals surface area contributed by atoms with Crippen molar-refractivity contribution in [3.8, 4) is 0 Å². The zero-order valence-corrected chi connectivity index (χ0v) is 18.4. The lowest BCUT2D eigenvalue weighted by molar-refractivity contribution is -0.139. The smallest absolute Gasteiger partial charge is 0.407 e. The maximum Gasteiger partial charge on any atom is 0.407 e. The van der Waals surface area contributed by atoms with Crippen molar-refractivity contribution < 1.29 is 38.1 Å². The average molecular weight is 459 g/mol. The van der Waals surface area contributed by atoms with Gasteiger partial charge in [0.1, 0.15) is 13.2 Å². The van der Waals surface area contributed by atoms with Crippen LogP contribution in [0.2, 0.25) is 0 Å². The number of Topliss-reactive ketones (excluding diaryl/α,β-unsaturated/α-hetero) is 1. The lowest BCUT2D eigenvalue weighted by atomic mass is 10.1. The van der Waals surface area contributed by atoms with Gasteiger partial charge in [0.05, 0.1) is 39.6 Å². The van der Waals surface area contributed by atoms with E-state index in [9.17, 15) is 14.4 Å². The highest BCUT2D eigenvalue weighted by Gasteiger charge is 2.17. The average Bonchev–Trinajstić information content (AvgIpc) is 2.86. The number of amides is 1. The number of esters is 1. The van der Waals surface area contributed by atoms with E-state index in [1.54, 1.807) is 30.3 Å². The number of benzene rings is 2. The third kappa shape index (κ3) is 11.8. The molecule has 2 aromatic carbocycles. The molecule has 0 aliphatic heterocycles. The summed E-state index contributed by atoms with van der Waals surface area (Å²) in [4.78, 5) is 35.0. The summed E-state index contributed by atoms with van der Waals surface area (Å²) in [6.07, 6.45) is -0.494. The van der Waals surface area contributed by atoms with Gasteiger partial charge in [-0.1, -0.05) is 60.7 Å². The molecule has 178 valence electrons. The van der Waals surface area contributed by atoms with Crippen molar-refractivity contribution in [1.29, 1.82) is 0 Å². The monoisotopic (exact) mass is 459 g/mol. The molecule has 1 amide bonds. The number of nitrogens with one attached hydrogen (secondary N) is 1. The Hall–Kier alpha value is -3.27. The van der Waals surface area contributed by atoms with E-state index in [1.165, 1.54) is 0 Å². The van der Waals surface area contributed by atoms with Crippen LogP contribution in [0.15, 0.2) is 60.7 Å². The summed E-state index contributed by atoms with van der Waals surface area (Å²) >= 11 is 0. The fraction of sp³-hybridized carbons (Fsp3) is 0.375. The first-order valence-electron chi connectivity index (χ1n) is 10.6. The van der Waals surface area contributed by atoms with Crippen molar-refractivity contribution >= 4 is 17.8 Å². The molecular formula is C24H29NO8. The van der Waals surface area contributed by atoms with E-state index >= 15 is 0 Å². The molecular weight excluding hydrogens is 430 g/mol. The second-order valence-electron chi connectivity index (χ2n) is 6.66. The lowest BCUT2D eigenvalue weighted by Gasteiger charge is -2.09. The maximum absolute atomic E-state index is 11.8. The molecule has 9 heteroatoms. The molecule has 0 spiro atoms. The second kappa shape index (κ2) is 16.4. The number of carbonyl (C=O) groups is 3. The topological polar surface area (TPSA) is 109 Å². The van der Waals surface area contributed by atoms with Crippen LogP contribution >= 0.6 is 0 Å². The molecule has 0 fully saturated rings. The van der Waals surface area contributed by atoms with Gasteiger partial charge in [-0.15, -0.1) is 0 Å². The van der Waals surface area contributed by atoms with Gasteiger partial charge in [0, 0.05) is 12.1 Å². The van der Waals surface area contributed by atoms with Gasteiger partial charge in [-0.3, -0.25) is 4.79 Å². The minimum Gasteiger partial charge on any atom is -0.457 e. The van der Waals surface area contributed by atoms with Gasteiger partial charge in [-0.05, 0) is 5.56 Å². The molecule has 2 aromatic rings. The third-order valence-corrected chi connectivity index (χ3v) is 4.15. The predicted molar refractivity (Wildman–Crippen MR) is 119 cm³/mol. The SMILES string of the molecule is O=C(NCCOCCOCCOCCOC(=O)C(=O)c1ccccc1)OCc1ccccc1. The van der Waals surface area contributed by atoms with Crippen LogP contribution in [0, 0.1) is 0 Å². The standard InChI is InChI=1S/C24H29NO8/c26-22(21-9-5-2-6-10-21)23(27)32-18-17-31-16-15-30-14-13-29-12-11-25-24(28)33-19-20-7-3-1-4-8-20/h1-10H,11-19H2,(H,25,28). The number of hydrogen-bond donors (Lipinski definition) is 1. The van der Waals surface area contributed by atoms with Crippen LogP contribution < -0.4 is 5.32 Å². The van der Waals surface area contributed by atoms with Crippen molar-refractivity contribution in [2.24, 2.45) is 0 Å². The summed E-state index contributed by atoms with van der Waals surface area (Å²) in [5, 5.41) is 2.60. The predicted octanol–water partition coefficient (Wildman–Crippen LogP) is 2.39. The first-order chi connectivity index (χ1) is 16.2. The van der Waals surface area contributed by atoms with Gasteiger partial charge in [-0.25, -0.2) is 9.59 Å². The molecule has 0 aliphatic rings. The highest BCUT2D eigenvalue weighted by atomic mass is 16.6. The Bertz CT molecular complexity index is 829. The quantitative estimate of drug-likeness (QED) is 0.176. The fourth-order valence-corrected chi connectivity index (χ4v) is 2.51. The molecule has 0 atom stereocenters. The summed E-state index contributed by atoms with van der Waals surface area (Å²) in [5.74, 6) is -1.59. The highest BCUT2D eigenvalue weighted by molar-refractivity contribution is 6.40. The Kier molecular flexibility index (Phi) is 12.9. The first kappa shape index (κ1) is 26.0. The molecule has 0 aromatic heterocycles. The van der Waals surface area contributed by atoms with Crippen molar-refractivity contribution in [2.45, 2.75) is 6.61 Å². The normalized spacial score (nSPS) is 10.4. The third-order valence-electron chi connectivity index (χ3n) is 4.15. The number of ether oxygens (including phenoxy) is 5. The summed E-state index contributed by atoms with van der Waals surface area (Å²) in [7, 11) is 0. The van der Waals surface area contributed by atoms with Gasteiger partial charge in [0.25, 0.3) is 5.78 Å². The van der Waals surface area contributed by atoms with Crippen molar-refractivity contribution in [1.82, 2.24) is 5.32 Å². The number of alkyl carbamates (subject to hydrolysis) is 1. The molecule has 1 N–H and O–H groups in total. The molecule has 0 aliphatic carbocycles. The number of rotatable bonds is 16. The van der Waals surface area contributed by atoms with Gasteiger partial charge < -0.3 is 29.0 Å². The highest BCUT2D eigenvalue weighted by Crippen LogP contribution is 2.02. The summed E-state index contributed by atoms with van der Waals surface area (Å²) < 4.78 is 25.9. The van der Waals surface area contributed by atoms with Crippen molar-refractivity contribution in [2.75, 3.05) is 52.8 Å². The van der Waals surface area contributed by atoms with Crippen LogP contribution in [0.1, 0.15) is 15.9 Å². The summed E-state index contributed by atoms with van der Waals surface area (Å²) in [5.41, 5.74) is 1.21. The Morgan fingerprint density at radius 2 is 1.18 bits per heavy atom. The molecule has 0 saturated carbocycles. The number of ketones is 1. The van der Waals surface area contributed by atoms with Crippen LogP contribution in [-0.2, 0) is 35.1 Å². The zero-order chi connectivity index (χ0) is 23.6. The van der Waals surface area contributed by atoms with Crippen LogP contribution in [0.5, 0.6) is 0 Å². The molecule has 0 radical (unpaired) electrons. The molecule has 0 bridgehead atoms. The Morgan fingerprint density at radius 1 is 0.636 bits per heavy atom. The Labute approximate surface area is 192 Å². The number of carbonyl (C=O) groups excluding carboxylic acids is 3. The van der Waals surface area contributed by atoms with Crippen molar-refractivity contribution in [3.63, 3.8) is 0 Å². The minimum absolute atomic E-state index is 0.0126. The van der Waals surface area contributed by atoms with Crippen LogP contribution in [-0.4, -0.2) is 70.6 Å². The second-order valence-corrected chi connectivity index (χ2v) is 6.66. The van der Waals surface area contributed by atoms with E-state index in [4.69, 9.17) is 23.7 Å². The summed E-state index contributed by atoms with van der Waals surface area (Å²) in [6.45, 7) is 2.47. The molecule has 0 heterocycles. The molecule has 0 saturated heterocycles. The first-order valence-corrected chi connectivity index (χ1v) is 10.6. The van der Waals surface area contributed by atoms with E-state index in [0.717, 1.165) is 5.56 Å². The Morgan fingerprint density at radius 3 is 1.82 bits per heavy atom. The number of hydrogen-bond acceptors (Lipinski definition) is 8. The zero-order valence-electron chi connectivity index (χ0n) is 18.4. The lowest BCUT2D eigenvalue weighted by Crippen LogP contribution is -2.28. The molecule has 2 rings (SSSR count). The van der Waals surface area contributed by atoms with Gasteiger partial charge in [-0.2, -0.15) is 0 Å².